The summed E-state index contributed by atoms with van der Waals surface area (Å²) in [4.78, 5) is 21.2. The van der Waals surface area contributed by atoms with E-state index in [9.17, 15) is 9.70 Å². The minimum atomic E-state index is -1.04. The average Bonchev–Trinajstić information content (AvgIpc) is 2.52. The summed E-state index contributed by atoms with van der Waals surface area (Å²) in [6.45, 7) is 1.57. The minimum Gasteiger partial charge on any atom is -0.478 e. The van der Waals surface area contributed by atoms with E-state index in [0.29, 0.717) is 16.7 Å². The van der Waals surface area contributed by atoms with Crippen molar-refractivity contribution in [1.82, 2.24) is 0 Å². The van der Waals surface area contributed by atoms with E-state index in [1.807, 2.05) is 0 Å². The molecule has 0 saturated carbocycles. The predicted molar refractivity (Wildman–Crippen MR) is 53.4 cm³/mol. The van der Waals surface area contributed by atoms with Gasteiger partial charge in [-0.2, -0.15) is 0 Å². The predicted octanol–water partition coefficient (Wildman–Crippen LogP) is 2.84. The second-order valence-corrected chi connectivity index (χ2v) is 3.11. The molecule has 5 nitrogen and oxygen atoms in total. The van der Waals surface area contributed by atoms with E-state index in [1.54, 1.807) is 6.92 Å². The summed E-state index contributed by atoms with van der Waals surface area (Å²) in [6.07, 6.45) is 0. The zero-order valence-electron chi connectivity index (χ0n) is 7.85. The van der Waals surface area contributed by atoms with Crippen molar-refractivity contribution in [3.8, 4) is 0 Å². The molecule has 0 fully saturated rings. The SMILES string of the molecule is Cc1oc2cc(N=O)ccc2c1C(=O)O. The molecule has 0 bridgehead atoms. The van der Waals surface area contributed by atoms with Gasteiger partial charge >= 0.3 is 5.97 Å². The first-order valence-electron chi connectivity index (χ1n) is 4.23. The number of aromatic carboxylic acids is 1. The number of aryl methyl sites for hydroxylation is 1. The Kier molecular flexibility index (Phi) is 2.00. The molecule has 0 aliphatic carbocycles. The molecule has 0 atom stereocenters. The summed E-state index contributed by atoms with van der Waals surface area (Å²) < 4.78 is 5.22. The van der Waals surface area contributed by atoms with Crippen molar-refractivity contribution in [3.63, 3.8) is 0 Å². The standard InChI is InChI=1S/C10H7NO4/c1-5-9(10(12)13)7-3-2-6(11-14)4-8(7)15-5/h2-4H,1H3,(H,12,13). The van der Waals surface area contributed by atoms with Crippen molar-refractivity contribution in [2.75, 3.05) is 0 Å². The van der Waals surface area contributed by atoms with Gasteiger partial charge in [0.2, 0.25) is 0 Å². The number of nitroso groups, excluding NO2 is 1. The molecule has 0 unspecified atom stereocenters. The van der Waals surface area contributed by atoms with Gasteiger partial charge in [-0.15, -0.1) is 4.91 Å². The lowest BCUT2D eigenvalue weighted by atomic mass is 10.1. The Bertz CT molecular complexity index is 556. The summed E-state index contributed by atoms with van der Waals surface area (Å²) in [7, 11) is 0. The fourth-order valence-corrected chi connectivity index (χ4v) is 1.53. The molecule has 0 radical (unpaired) electrons. The number of nitrogens with zero attached hydrogens (tertiary/aromatic N) is 1. The summed E-state index contributed by atoms with van der Waals surface area (Å²) >= 11 is 0. The summed E-state index contributed by atoms with van der Waals surface area (Å²) in [5, 5.41) is 12.2. The number of fused-ring (bicyclic) bond motifs is 1. The monoisotopic (exact) mass is 205 g/mol. The minimum absolute atomic E-state index is 0.127. The molecular formula is C10H7NO4. The van der Waals surface area contributed by atoms with E-state index < -0.39 is 5.97 Å². The van der Waals surface area contributed by atoms with E-state index in [0.717, 1.165) is 0 Å². The lowest BCUT2D eigenvalue weighted by molar-refractivity contribution is 0.0697. The lowest BCUT2D eigenvalue weighted by Gasteiger charge is -1.91. The van der Waals surface area contributed by atoms with Crippen LogP contribution in [0, 0.1) is 11.8 Å². The molecule has 1 heterocycles. The van der Waals surface area contributed by atoms with E-state index in [-0.39, 0.29) is 11.3 Å². The molecule has 0 aliphatic heterocycles. The van der Waals surface area contributed by atoms with Gasteiger partial charge < -0.3 is 9.52 Å². The molecule has 1 aromatic carbocycles. The molecule has 2 rings (SSSR count). The normalized spacial score (nSPS) is 10.5. The van der Waals surface area contributed by atoms with E-state index in [4.69, 9.17) is 9.52 Å². The van der Waals surface area contributed by atoms with Crippen LogP contribution in [0.2, 0.25) is 0 Å². The molecule has 2 aromatic rings. The quantitative estimate of drug-likeness (QED) is 0.764. The molecule has 0 saturated heterocycles. The Morgan fingerprint density at radius 2 is 2.20 bits per heavy atom. The molecular weight excluding hydrogens is 198 g/mol. The zero-order chi connectivity index (χ0) is 11.0. The number of carboxylic acid groups (broad SMARTS) is 1. The highest BCUT2D eigenvalue weighted by molar-refractivity contribution is 6.04. The highest BCUT2D eigenvalue weighted by atomic mass is 16.4. The lowest BCUT2D eigenvalue weighted by Crippen LogP contribution is -1.96. The maximum absolute atomic E-state index is 10.9. The first-order valence-corrected chi connectivity index (χ1v) is 4.23. The fourth-order valence-electron chi connectivity index (χ4n) is 1.53. The van der Waals surface area contributed by atoms with E-state index in [2.05, 4.69) is 5.18 Å². The zero-order valence-corrected chi connectivity index (χ0v) is 7.85. The van der Waals surface area contributed by atoms with Crippen molar-refractivity contribution in [1.29, 1.82) is 0 Å². The Labute approximate surface area is 84.3 Å². The largest absolute Gasteiger partial charge is 0.478 e. The van der Waals surface area contributed by atoms with Gasteiger partial charge in [0.15, 0.2) is 0 Å². The van der Waals surface area contributed by atoms with Crippen LogP contribution in [0.1, 0.15) is 16.1 Å². The summed E-state index contributed by atoms with van der Waals surface area (Å²) in [6, 6.07) is 4.39. The molecule has 1 aromatic heterocycles. The Morgan fingerprint density at radius 1 is 1.47 bits per heavy atom. The Balaban J connectivity index is 2.79. The Hall–Kier alpha value is -2.17. The van der Waals surface area contributed by atoms with Crippen molar-refractivity contribution in [2.45, 2.75) is 6.92 Å². The van der Waals surface area contributed by atoms with Crippen LogP contribution in [-0.2, 0) is 0 Å². The first-order chi connectivity index (χ1) is 7.13. The van der Waals surface area contributed by atoms with Gasteiger partial charge in [-0.1, -0.05) is 0 Å². The van der Waals surface area contributed by atoms with Crippen LogP contribution in [0.4, 0.5) is 5.69 Å². The third kappa shape index (κ3) is 1.38. The van der Waals surface area contributed by atoms with Gasteiger partial charge in [-0.25, -0.2) is 4.79 Å². The smallest absolute Gasteiger partial charge is 0.339 e. The third-order valence-corrected chi connectivity index (χ3v) is 2.17. The fraction of sp³-hybridized carbons (Fsp3) is 0.100. The number of furan rings is 1. The number of carbonyl (C=O) groups is 1. The van der Waals surface area contributed by atoms with Gasteiger partial charge in [-0.3, -0.25) is 0 Å². The molecule has 0 spiro atoms. The van der Waals surface area contributed by atoms with Crippen LogP contribution >= 0.6 is 0 Å². The van der Waals surface area contributed by atoms with Crippen LogP contribution < -0.4 is 0 Å². The second-order valence-electron chi connectivity index (χ2n) is 3.11. The van der Waals surface area contributed by atoms with E-state index in [1.165, 1.54) is 18.2 Å². The summed E-state index contributed by atoms with van der Waals surface area (Å²) in [5.41, 5.74) is 0.706. The molecule has 1 N–H and O–H groups in total. The third-order valence-electron chi connectivity index (χ3n) is 2.17. The molecule has 5 heteroatoms. The summed E-state index contributed by atoms with van der Waals surface area (Å²) in [5.74, 6) is -0.724. The first kappa shape index (κ1) is 9.39. The van der Waals surface area contributed by atoms with Crippen molar-refractivity contribution < 1.29 is 14.3 Å². The molecule has 76 valence electrons. The van der Waals surface area contributed by atoms with Gasteiger partial charge in [-0.05, 0) is 24.2 Å². The van der Waals surface area contributed by atoms with Gasteiger partial charge in [0.25, 0.3) is 0 Å². The van der Waals surface area contributed by atoms with Gasteiger partial charge in [0.05, 0.1) is 0 Å². The molecule has 15 heavy (non-hydrogen) atoms. The van der Waals surface area contributed by atoms with Gasteiger partial charge in [0, 0.05) is 11.5 Å². The van der Waals surface area contributed by atoms with Crippen LogP contribution in [0.3, 0.4) is 0 Å². The van der Waals surface area contributed by atoms with Crippen LogP contribution in [0.5, 0.6) is 0 Å². The number of hydrogen-bond acceptors (Lipinski definition) is 4. The van der Waals surface area contributed by atoms with E-state index >= 15 is 0 Å². The number of rotatable bonds is 2. The van der Waals surface area contributed by atoms with Crippen LogP contribution in [0.25, 0.3) is 11.0 Å². The Morgan fingerprint density at radius 3 is 2.80 bits per heavy atom. The van der Waals surface area contributed by atoms with Crippen LogP contribution in [-0.4, -0.2) is 11.1 Å². The van der Waals surface area contributed by atoms with Crippen LogP contribution in [0.15, 0.2) is 27.8 Å². The highest BCUT2D eigenvalue weighted by Gasteiger charge is 2.17. The second kappa shape index (κ2) is 3.20. The van der Waals surface area contributed by atoms with Crippen molar-refractivity contribution >= 4 is 22.6 Å². The topological polar surface area (TPSA) is 79.9 Å². The van der Waals surface area contributed by atoms with Crippen molar-refractivity contribution in [3.05, 3.63) is 34.4 Å². The maximum Gasteiger partial charge on any atom is 0.339 e. The maximum atomic E-state index is 10.9. The molecule has 0 amide bonds. The number of carboxylic acids is 1. The number of hydrogen-bond donors (Lipinski definition) is 1. The highest BCUT2D eigenvalue weighted by Crippen LogP contribution is 2.28. The molecule has 0 aliphatic rings. The van der Waals surface area contributed by atoms with Crippen molar-refractivity contribution in [2.24, 2.45) is 5.18 Å². The average molecular weight is 205 g/mol. The number of benzene rings is 1. The van der Waals surface area contributed by atoms with Gasteiger partial charge in [0.1, 0.15) is 22.6 Å².